The molecule has 1 heterocycles. The fourth-order valence-electron chi connectivity index (χ4n) is 1.73. The van der Waals surface area contributed by atoms with Gasteiger partial charge in [0.2, 0.25) is 0 Å². The molecule has 0 aliphatic rings. The van der Waals surface area contributed by atoms with Gasteiger partial charge in [0, 0.05) is 24.4 Å². The maximum Gasteiger partial charge on any atom is 0.253 e. The third-order valence-electron chi connectivity index (χ3n) is 2.48. The number of rotatable bonds is 3. The van der Waals surface area contributed by atoms with Crippen molar-refractivity contribution in [2.75, 3.05) is 7.11 Å². The summed E-state index contributed by atoms with van der Waals surface area (Å²) in [5.74, 6) is 0.812. The third kappa shape index (κ3) is 1.67. The van der Waals surface area contributed by atoms with Crippen LogP contribution in [0, 0.1) is 0 Å². The van der Waals surface area contributed by atoms with E-state index >= 15 is 0 Å². The van der Waals surface area contributed by atoms with Crippen molar-refractivity contribution in [3.63, 3.8) is 0 Å². The minimum atomic E-state index is 0.0881. The van der Waals surface area contributed by atoms with Gasteiger partial charge in [0.05, 0.1) is 7.11 Å². The molecular weight excluding hydrogens is 178 g/mol. The van der Waals surface area contributed by atoms with Crippen LogP contribution in [-0.2, 0) is 19.9 Å². The summed E-state index contributed by atoms with van der Waals surface area (Å²) in [6.45, 7) is 4.03. The molecule has 0 aromatic carbocycles. The van der Waals surface area contributed by atoms with Crippen LogP contribution in [0.25, 0.3) is 0 Å². The normalized spacial score (nSPS) is 10.3. The standard InChI is InChI=1S/C11H17NO2/c1-5-8-9(6-2)11(13)12(3)7-10(8)14-4/h7H,5-6H2,1-4H3. The maximum atomic E-state index is 11.8. The average molecular weight is 195 g/mol. The summed E-state index contributed by atoms with van der Waals surface area (Å²) < 4.78 is 6.83. The van der Waals surface area contributed by atoms with Gasteiger partial charge in [0.1, 0.15) is 5.75 Å². The Morgan fingerprint density at radius 1 is 1.29 bits per heavy atom. The smallest absolute Gasteiger partial charge is 0.253 e. The second-order valence-corrected chi connectivity index (χ2v) is 3.28. The average Bonchev–Trinajstić information content (AvgIpc) is 2.20. The molecule has 0 bridgehead atoms. The van der Waals surface area contributed by atoms with Gasteiger partial charge in [-0.1, -0.05) is 13.8 Å². The third-order valence-corrected chi connectivity index (χ3v) is 2.48. The molecule has 3 nitrogen and oxygen atoms in total. The Kier molecular flexibility index (Phi) is 3.33. The van der Waals surface area contributed by atoms with Crippen molar-refractivity contribution < 1.29 is 4.74 Å². The Labute approximate surface area is 84.3 Å². The van der Waals surface area contributed by atoms with E-state index in [2.05, 4.69) is 0 Å². The van der Waals surface area contributed by atoms with Gasteiger partial charge in [0.25, 0.3) is 5.56 Å². The summed E-state index contributed by atoms with van der Waals surface area (Å²) in [7, 11) is 3.39. The van der Waals surface area contributed by atoms with Gasteiger partial charge in [-0.25, -0.2) is 0 Å². The highest BCUT2D eigenvalue weighted by molar-refractivity contribution is 5.37. The second-order valence-electron chi connectivity index (χ2n) is 3.28. The fourth-order valence-corrected chi connectivity index (χ4v) is 1.73. The molecule has 0 unspecified atom stereocenters. The zero-order valence-electron chi connectivity index (χ0n) is 9.26. The Bertz CT molecular complexity index is 380. The minimum absolute atomic E-state index is 0.0881. The predicted molar refractivity (Wildman–Crippen MR) is 57.0 cm³/mol. The van der Waals surface area contributed by atoms with Crippen LogP contribution in [0.1, 0.15) is 25.0 Å². The van der Waals surface area contributed by atoms with E-state index in [1.165, 1.54) is 0 Å². The molecule has 1 rings (SSSR count). The maximum absolute atomic E-state index is 11.8. The van der Waals surface area contributed by atoms with Crippen molar-refractivity contribution in [2.24, 2.45) is 7.05 Å². The molecule has 1 aromatic rings. The van der Waals surface area contributed by atoms with E-state index in [4.69, 9.17) is 4.74 Å². The largest absolute Gasteiger partial charge is 0.495 e. The van der Waals surface area contributed by atoms with Crippen molar-refractivity contribution >= 4 is 0 Å². The first-order valence-corrected chi connectivity index (χ1v) is 4.91. The first-order valence-electron chi connectivity index (χ1n) is 4.91. The van der Waals surface area contributed by atoms with E-state index in [1.807, 2.05) is 13.8 Å². The SMILES string of the molecule is CCc1c(OC)cn(C)c(=O)c1CC. The van der Waals surface area contributed by atoms with Crippen LogP contribution in [0.5, 0.6) is 5.75 Å². The molecule has 0 N–H and O–H groups in total. The van der Waals surface area contributed by atoms with Crippen LogP contribution in [-0.4, -0.2) is 11.7 Å². The van der Waals surface area contributed by atoms with Gasteiger partial charge in [0.15, 0.2) is 0 Å². The van der Waals surface area contributed by atoms with Crippen molar-refractivity contribution in [3.05, 3.63) is 27.7 Å². The summed E-state index contributed by atoms with van der Waals surface area (Å²) in [5, 5.41) is 0. The number of hydrogen-bond acceptors (Lipinski definition) is 2. The molecular formula is C11H17NO2. The fraction of sp³-hybridized carbons (Fsp3) is 0.545. The highest BCUT2D eigenvalue weighted by Gasteiger charge is 2.11. The van der Waals surface area contributed by atoms with Gasteiger partial charge in [-0.05, 0) is 12.8 Å². The van der Waals surface area contributed by atoms with E-state index in [1.54, 1.807) is 24.9 Å². The summed E-state index contributed by atoms with van der Waals surface area (Å²) in [4.78, 5) is 11.8. The van der Waals surface area contributed by atoms with E-state index < -0.39 is 0 Å². The molecule has 0 saturated carbocycles. The molecule has 3 heteroatoms. The van der Waals surface area contributed by atoms with Crippen molar-refractivity contribution in [1.82, 2.24) is 4.57 Å². The number of methoxy groups -OCH3 is 1. The molecule has 0 spiro atoms. The monoisotopic (exact) mass is 195 g/mol. The van der Waals surface area contributed by atoms with Gasteiger partial charge < -0.3 is 9.30 Å². The quantitative estimate of drug-likeness (QED) is 0.732. The lowest BCUT2D eigenvalue weighted by Crippen LogP contribution is -2.22. The van der Waals surface area contributed by atoms with E-state index in [9.17, 15) is 4.79 Å². The first-order chi connectivity index (χ1) is 6.65. The first kappa shape index (κ1) is 10.8. The lowest BCUT2D eigenvalue weighted by Gasteiger charge is -2.12. The Morgan fingerprint density at radius 2 is 1.86 bits per heavy atom. The summed E-state index contributed by atoms with van der Waals surface area (Å²) in [5.41, 5.74) is 2.00. The van der Waals surface area contributed by atoms with Gasteiger partial charge >= 0.3 is 0 Å². The van der Waals surface area contributed by atoms with Crippen molar-refractivity contribution in [1.29, 1.82) is 0 Å². The van der Waals surface area contributed by atoms with Gasteiger partial charge in [-0.2, -0.15) is 0 Å². The minimum Gasteiger partial charge on any atom is -0.495 e. The van der Waals surface area contributed by atoms with Gasteiger partial charge in [-0.15, -0.1) is 0 Å². The zero-order valence-corrected chi connectivity index (χ0v) is 9.26. The van der Waals surface area contributed by atoms with Gasteiger partial charge in [-0.3, -0.25) is 4.79 Å². The Morgan fingerprint density at radius 3 is 2.29 bits per heavy atom. The van der Waals surface area contributed by atoms with Crippen LogP contribution >= 0.6 is 0 Å². The number of aromatic nitrogens is 1. The highest BCUT2D eigenvalue weighted by atomic mass is 16.5. The predicted octanol–water partition coefficient (Wildman–Crippen LogP) is 1.52. The topological polar surface area (TPSA) is 31.2 Å². The van der Waals surface area contributed by atoms with Crippen LogP contribution in [0.3, 0.4) is 0 Å². The van der Waals surface area contributed by atoms with Crippen LogP contribution in [0.2, 0.25) is 0 Å². The van der Waals surface area contributed by atoms with Crippen LogP contribution < -0.4 is 10.3 Å². The Hall–Kier alpha value is -1.25. The van der Waals surface area contributed by atoms with E-state index in [0.29, 0.717) is 0 Å². The molecule has 0 saturated heterocycles. The molecule has 78 valence electrons. The lowest BCUT2D eigenvalue weighted by molar-refractivity contribution is 0.404. The molecule has 0 aliphatic carbocycles. The summed E-state index contributed by atoms with van der Waals surface area (Å²) in [6.07, 6.45) is 3.34. The molecule has 0 amide bonds. The highest BCUT2D eigenvalue weighted by Crippen LogP contribution is 2.19. The van der Waals surface area contributed by atoms with Crippen LogP contribution in [0.15, 0.2) is 11.0 Å². The lowest BCUT2D eigenvalue weighted by atomic mass is 10.0. The molecule has 14 heavy (non-hydrogen) atoms. The van der Waals surface area contributed by atoms with E-state index in [0.717, 1.165) is 29.7 Å². The number of ether oxygens (including phenoxy) is 1. The molecule has 0 atom stereocenters. The number of pyridine rings is 1. The van der Waals surface area contributed by atoms with E-state index in [-0.39, 0.29) is 5.56 Å². The zero-order chi connectivity index (χ0) is 10.7. The molecule has 0 radical (unpaired) electrons. The summed E-state index contributed by atoms with van der Waals surface area (Å²) in [6, 6.07) is 0. The number of hydrogen-bond donors (Lipinski definition) is 0. The molecule has 0 aliphatic heterocycles. The molecule has 0 fully saturated rings. The van der Waals surface area contributed by atoms with Crippen molar-refractivity contribution in [3.8, 4) is 5.75 Å². The number of nitrogens with zero attached hydrogens (tertiary/aromatic N) is 1. The second kappa shape index (κ2) is 4.31. The Balaban J connectivity index is 3.50. The number of aryl methyl sites for hydroxylation is 1. The van der Waals surface area contributed by atoms with Crippen molar-refractivity contribution in [2.45, 2.75) is 26.7 Å². The summed E-state index contributed by atoms with van der Waals surface area (Å²) >= 11 is 0. The van der Waals surface area contributed by atoms with Crippen LogP contribution in [0.4, 0.5) is 0 Å². The molecule has 1 aromatic heterocycles.